The summed E-state index contributed by atoms with van der Waals surface area (Å²) in [7, 11) is 0. The lowest BCUT2D eigenvalue weighted by Crippen LogP contribution is -2.30. The fourth-order valence-electron chi connectivity index (χ4n) is 2.43. The molecular weight excluding hydrogens is 228 g/mol. The zero-order valence-electron chi connectivity index (χ0n) is 12.1. The van der Waals surface area contributed by atoms with Crippen molar-refractivity contribution in [3.63, 3.8) is 0 Å². The van der Waals surface area contributed by atoms with Gasteiger partial charge in [0.15, 0.2) is 0 Å². The van der Waals surface area contributed by atoms with Crippen molar-refractivity contribution in [3.05, 3.63) is 0 Å². The summed E-state index contributed by atoms with van der Waals surface area (Å²) < 4.78 is 10.9. The van der Waals surface area contributed by atoms with Crippen LogP contribution in [0, 0.1) is 11.8 Å². The van der Waals surface area contributed by atoms with E-state index in [0.717, 1.165) is 19.3 Å². The number of unbranched alkanes of at least 4 members (excludes halogenated alkanes) is 1. The summed E-state index contributed by atoms with van der Waals surface area (Å²) in [4.78, 5) is 12.0. The molecule has 1 fully saturated rings. The lowest BCUT2D eigenvalue weighted by Gasteiger charge is -2.26. The molecule has 3 nitrogen and oxygen atoms in total. The SMILES string of the molecule is CCCCC(CC)COC(=O)C1CCOC(C)C1. The number of rotatable bonds is 7. The van der Waals surface area contributed by atoms with Gasteiger partial charge in [-0.3, -0.25) is 4.79 Å². The predicted molar refractivity (Wildman–Crippen MR) is 72.4 cm³/mol. The second-order valence-electron chi connectivity index (χ2n) is 5.45. The van der Waals surface area contributed by atoms with Gasteiger partial charge in [0.05, 0.1) is 18.6 Å². The van der Waals surface area contributed by atoms with Crippen LogP contribution in [-0.2, 0) is 14.3 Å². The Morgan fingerprint density at radius 1 is 1.44 bits per heavy atom. The highest BCUT2D eigenvalue weighted by Gasteiger charge is 2.27. The molecule has 1 heterocycles. The first kappa shape index (κ1) is 15.5. The van der Waals surface area contributed by atoms with Crippen LogP contribution in [-0.4, -0.2) is 25.3 Å². The molecule has 0 bridgehead atoms. The van der Waals surface area contributed by atoms with Crippen LogP contribution in [0.25, 0.3) is 0 Å². The molecule has 3 atom stereocenters. The average molecular weight is 256 g/mol. The Hall–Kier alpha value is -0.570. The third kappa shape index (κ3) is 5.38. The minimum Gasteiger partial charge on any atom is -0.465 e. The lowest BCUT2D eigenvalue weighted by molar-refractivity contribution is -0.155. The number of hydrogen-bond acceptors (Lipinski definition) is 3. The molecule has 1 aliphatic heterocycles. The second-order valence-corrected chi connectivity index (χ2v) is 5.45. The smallest absolute Gasteiger partial charge is 0.309 e. The van der Waals surface area contributed by atoms with E-state index in [9.17, 15) is 4.79 Å². The molecule has 0 saturated carbocycles. The van der Waals surface area contributed by atoms with Gasteiger partial charge in [-0.2, -0.15) is 0 Å². The Labute approximate surface area is 111 Å². The molecule has 1 saturated heterocycles. The molecule has 0 aliphatic carbocycles. The van der Waals surface area contributed by atoms with Gasteiger partial charge in [-0.25, -0.2) is 0 Å². The van der Waals surface area contributed by atoms with E-state index in [0.29, 0.717) is 19.1 Å². The molecule has 3 unspecified atom stereocenters. The van der Waals surface area contributed by atoms with E-state index >= 15 is 0 Å². The highest BCUT2D eigenvalue weighted by Crippen LogP contribution is 2.22. The van der Waals surface area contributed by atoms with Gasteiger partial charge in [-0.1, -0.05) is 33.1 Å². The van der Waals surface area contributed by atoms with Crippen LogP contribution in [0.15, 0.2) is 0 Å². The van der Waals surface area contributed by atoms with Crippen molar-refractivity contribution in [2.24, 2.45) is 11.8 Å². The first-order valence-electron chi connectivity index (χ1n) is 7.45. The molecule has 0 radical (unpaired) electrons. The van der Waals surface area contributed by atoms with E-state index in [-0.39, 0.29) is 18.0 Å². The fraction of sp³-hybridized carbons (Fsp3) is 0.933. The maximum atomic E-state index is 12.0. The lowest BCUT2D eigenvalue weighted by atomic mass is 9.96. The molecule has 0 N–H and O–H groups in total. The Kier molecular flexibility index (Phi) is 7.33. The first-order valence-corrected chi connectivity index (χ1v) is 7.45. The summed E-state index contributed by atoms with van der Waals surface area (Å²) in [6, 6.07) is 0. The zero-order chi connectivity index (χ0) is 13.4. The Morgan fingerprint density at radius 2 is 2.22 bits per heavy atom. The van der Waals surface area contributed by atoms with Crippen LogP contribution < -0.4 is 0 Å². The molecule has 1 aliphatic rings. The van der Waals surface area contributed by atoms with E-state index in [1.54, 1.807) is 0 Å². The van der Waals surface area contributed by atoms with E-state index in [1.165, 1.54) is 19.3 Å². The minimum absolute atomic E-state index is 0.0138. The standard InChI is InChI=1S/C15H28O3/c1-4-6-7-13(5-2)11-18-15(16)14-8-9-17-12(3)10-14/h12-14H,4-11H2,1-3H3. The van der Waals surface area contributed by atoms with E-state index in [2.05, 4.69) is 13.8 Å². The van der Waals surface area contributed by atoms with Gasteiger partial charge in [-0.15, -0.1) is 0 Å². The Bertz CT molecular complexity index is 240. The average Bonchev–Trinajstić information content (AvgIpc) is 2.38. The second kappa shape index (κ2) is 8.52. The number of carbonyl (C=O) groups is 1. The summed E-state index contributed by atoms with van der Waals surface area (Å²) >= 11 is 0. The third-order valence-corrected chi connectivity index (χ3v) is 3.82. The Morgan fingerprint density at radius 3 is 2.83 bits per heavy atom. The van der Waals surface area contributed by atoms with Crippen molar-refractivity contribution >= 4 is 5.97 Å². The molecule has 0 aromatic rings. The summed E-state index contributed by atoms with van der Waals surface area (Å²) in [5.74, 6) is 0.573. The maximum absolute atomic E-state index is 12.0. The highest BCUT2D eigenvalue weighted by atomic mass is 16.5. The monoisotopic (exact) mass is 256 g/mol. The molecular formula is C15H28O3. The molecule has 0 aromatic heterocycles. The van der Waals surface area contributed by atoms with Crippen molar-refractivity contribution in [2.45, 2.75) is 65.4 Å². The van der Waals surface area contributed by atoms with E-state index in [4.69, 9.17) is 9.47 Å². The predicted octanol–water partition coefficient (Wildman–Crippen LogP) is 3.56. The molecule has 106 valence electrons. The van der Waals surface area contributed by atoms with Gasteiger partial charge in [-0.05, 0) is 32.1 Å². The summed E-state index contributed by atoms with van der Waals surface area (Å²) in [5, 5.41) is 0. The first-order chi connectivity index (χ1) is 8.67. The van der Waals surface area contributed by atoms with E-state index < -0.39 is 0 Å². The minimum atomic E-state index is -0.0138. The van der Waals surface area contributed by atoms with Crippen LogP contribution >= 0.6 is 0 Å². The molecule has 3 heteroatoms. The van der Waals surface area contributed by atoms with Crippen LogP contribution in [0.1, 0.15) is 59.3 Å². The quantitative estimate of drug-likeness (QED) is 0.653. The van der Waals surface area contributed by atoms with Crippen LogP contribution in [0.3, 0.4) is 0 Å². The molecule has 0 amide bonds. The highest BCUT2D eigenvalue weighted by molar-refractivity contribution is 5.72. The zero-order valence-corrected chi connectivity index (χ0v) is 12.1. The summed E-state index contributed by atoms with van der Waals surface area (Å²) in [6.07, 6.45) is 6.52. The third-order valence-electron chi connectivity index (χ3n) is 3.82. The fourth-order valence-corrected chi connectivity index (χ4v) is 2.43. The van der Waals surface area contributed by atoms with Gasteiger partial charge >= 0.3 is 5.97 Å². The topological polar surface area (TPSA) is 35.5 Å². The molecule has 1 rings (SSSR count). The van der Waals surface area contributed by atoms with Gasteiger partial charge in [0.25, 0.3) is 0 Å². The molecule has 0 spiro atoms. The van der Waals surface area contributed by atoms with Crippen LogP contribution in [0.4, 0.5) is 0 Å². The maximum Gasteiger partial charge on any atom is 0.309 e. The van der Waals surface area contributed by atoms with Gasteiger partial charge in [0.2, 0.25) is 0 Å². The Balaban J connectivity index is 2.26. The van der Waals surface area contributed by atoms with Crippen LogP contribution in [0.5, 0.6) is 0 Å². The van der Waals surface area contributed by atoms with Crippen LogP contribution in [0.2, 0.25) is 0 Å². The normalized spacial score (nSPS) is 25.7. The molecule has 18 heavy (non-hydrogen) atoms. The summed E-state index contributed by atoms with van der Waals surface area (Å²) in [6.45, 7) is 7.68. The van der Waals surface area contributed by atoms with Crippen molar-refractivity contribution in [1.82, 2.24) is 0 Å². The summed E-state index contributed by atoms with van der Waals surface area (Å²) in [5.41, 5.74) is 0. The number of carbonyl (C=O) groups excluding carboxylic acids is 1. The van der Waals surface area contributed by atoms with Gasteiger partial charge in [0, 0.05) is 6.61 Å². The number of esters is 1. The number of ether oxygens (including phenoxy) is 2. The van der Waals surface area contributed by atoms with E-state index in [1.807, 2.05) is 6.92 Å². The van der Waals surface area contributed by atoms with Crippen molar-refractivity contribution in [1.29, 1.82) is 0 Å². The van der Waals surface area contributed by atoms with Gasteiger partial charge < -0.3 is 9.47 Å². The molecule has 0 aromatic carbocycles. The number of hydrogen-bond donors (Lipinski definition) is 0. The van der Waals surface area contributed by atoms with Crippen molar-refractivity contribution < 1.29 is 14.3 Å². The largest absolute Gasteiger partial charge is 0.465 e. The van der Waals surface area contributed by atoms with Crippen molar-refractivity contribution in [2.75, 3.05) is 13.2 Å². The van der Waals surface area contributed by atoms with Gasteiger partial charge in [0.1, 0.15) is 0 Å². The van der Waals surface area contributed by atoms with Crippen molar-refractivity contribution in [3.8, 4) is 0 Å².